The van der Waals surface area contributed by atoms with Crippen LogP contribution in [0.25, 0.3) is 0 Å². The fourth-order valence-electron chi connectivity index (χ4n) is 1.68. The zero-order valence-electron chi connectivity index (χ0n) is 11.4. The lowest BCUT2D eigenvalue weighted by Gasteiger charge is -2.10. The van der Waals surface area contributed by atoms with E-state index in [1.165, 1.54) is 12.1 Å². The Morgan fingerprint density at radius 2 is 1.79 bits per heavy atom. The molecule has 0 saturated heterocycles. The van der Waals surface area contributed by atoms with Gasteiger partial charge in [0.15, 0.2) is 0 Å². The third-order valence-electron chi connectivity index (χ3n) is 2.83. The van der Waals surface area contributed by atoms with E-state index in [2.05, 4.69) is 11.1 Å². The molecule has 3 nitrogen and oxygen atoms in total. The van der Waals surface area contributed by atoms with Crippen molar-refractivity contribution in [1.82, 2.24) is 0 Å². The van der Waals surface area contributed by atoms with Gasteiger partial charge in [0.1, 0.15) is 0 Å². The maximum atomic E-state index is 13.5. The first-order chi connectivity index (χ1) is 8.95. The minimum absolute atomic E-state index is 0.00527. The number of hydrogen-bond donors (Lipinski definition) is 0. The first kappa shape index (κ1) is 16.1. The average molecular weight is 288 g/mol. The highest BCUT2D eigenvalue weighted by atomic mass is 32.2. The van der Waals surface area contributed by atoms with Gasteiger partial charge >= 0.3 is 0 Å². The highest BCUT2D eigenvalue weighted by Gasteiger charge is 2.20. The molecule has 0 radical (unpaired) electrons. The summed E-state index contributed by atoms with van der Waals surface area (Å²) in [7, 11) is -3.99. The molecule has 0 bridgehead atoms. The second-order valence-corrected chi connectivity index (χ2v) is 6.19. The molecule has 0 heterocycles. The predicted octanol–water partition coefficient (Wildman–Crippen LogP) is 3.97. The molecule has 1 atom stereocenters. The summed E-state index contributed by atoms with van der Waals surface area (Å²) >= 11 is 0. The lowest BCUT2D eigenvalue weighted by molar-refractivity contribution is 0.0637. The Balaban J connectivity index is 2.52. The minimum Gasteiger partial charge on any atom is -0.229 e. The van der Waals surface area contributed by atoms with Crippen LogP contribution < -0.4 is 0 Å². The van der Waals surface area contributed by atoms with Crippen molar-refractivity contribution in [2.75, 3.05) is 0 Å². The van der Waals surface area contributed by atoms with Crippen molar-refractivity contribution in [1.29, 1.82) is 0 Å². The van der Waals surface area contributed by atoms with Crippen molar-refractivity contribution in [2.45, 2.75) is 57.2 Å². The smallest absolute Gasteiger partial charge is 0.229 e. The molecule has 108 valence electrons. The SMILES string of the molecule is CCCCCCC(F)OS(=O)(=O)c1ccc(C)cc1. The van der Waals surface area contributed by atoms with Crippen molar-refractivity contribution in [3.05, 3.63) is 29.8 Å². The summed E-state index contributed by atoms with van der Waals surface area (Å²) < 4.78 is 41.6. The second kappa shape index (κ2) is 7.60. The van der Waals surface area contributed by atoms with E-state index in [4.69, 9.17) is 0 Å². The highest BCUT2D eigenvalue weighted by Crippen LogP contribution is 2.18. The quantitative estimate of drug-likeness (QED) is 0.537. The summed E-state index contributed by atoms with van der Waals surface area (Å²) in [6.07, 6.45) is 1.97. The molecule has 1 aromatic rings. The molecule has 0 aliphatic carbocycles. The fourth-order valence-corrected chi connectivity index (χ4v) is 2.63. The van der Waals surface area contributed by atoms with Crippen molar-refractivity contribution < 1.29 is 17.0 Å². The Morgan fingerprint density at radius 3 is 2.37 bits per heavy atom. The van der Waals surface area contributed by atoms with Gasteiger partial charge in [-0.05, 0) is 25.5 Å². The maximum Gasteiger partial charge on any atom is 0.299 e. The van der Waals surface area contributed by atoms with Gasteiger partial charge in [-0.3, -0.25) is 0 Å². The summed E-state index contributed by atoms with van der Waals surface area (Å²) in [5, 5.41) is 0. The number of rotatable bonds is 8. The summed E-state index contributed by atoms with van der Waals surface area (Å²) in [5.74, 6) is 0. The highest BCUT2D eigenvalue weighted by molar-refractivity contribution is 7.86. The largest absolute Gasteiger partial charge is 0.299 e. The standard InChI is InChI=1S/C14H21FO3S/c1-3-4-5-6-7-14(15)18-19(16,17)13-10-8-12(2)9-11-13/h8-11,14H,3-7H2,1-2H3. The van der Waals surface area contributed by atoms with Gasteiger partial charge in [-0.2, -0.15) is 8.42 Å². The average Bonchev–Trinajstić information content (AvgIpc) is 2.34. The van der Waals surface area contributed by atoms with Crippen molar-refractivity contribution >= 4 is 10.1 Å². The van der Waals surface area contributed by atoms with Crippen LogP contribution in [0.4, 0.5) is 4.39 Å². The Bertz CT molecular complexity index is 468. The number of hydrogen-bond acceptors (Lipinski definition) is 3. The minimum atomic E-state index is -3.99. The normalized spacial score (nSPS) is 13.4. The zero-order valence-corrected chi connectivity index (χ0v) is 12.2. The van der Waals surface area contributed by atoms with E-state index in [0.29, 0.717) is 6.42 Å². The first-order valence-electron chi connectivity index (χ1n) is 6.59. The Kier molecular flexibility index (Phi) is 6.45. The van der Waals surface area contributed by atoms with Crippen molar-refractivity contribution in [3.8, 4) is 0 Å². The molecule has 5 heteroatoms. The number of aryl methyl sites for hydroxylation is 1. The molecule has 1 aromatic carbocycles. The third kappa shape index (κ3) is 5.70. The first-order valence-corrected chi connectivity index (χ1v) is 8.00. The van der Waals surface area contributed by atoms with Gasteiger partial charge in [0, 0.05) is 6.42 Å². The van der Waals surface area contributed by atoms with Gasteiger partial charge in [-0.25, -0.2) is 8.57 Å². The predicted molar refractivity (Wildman–Crippen MR) is 73.1 cm³/mol. The number of benzene rings is 1. The monoisotopic (exact) mass is 288 g/mol. The molecule has 19 heavy (non-hydrogen) atoms. The molecule has 0 aromatic heterocycles. The van der Waals surface area contributed by atoms with Gasteiger partial charge in [-0.1, -0.05) is 43.9 Å². The van der Waals surface area contributed by atoms with E-state index in [-0.39, 0.29) is 11.3 Å². The lowest BCUT2D eigenvalue weighted by atomic mass is 10.2. The van der Waals surface area contributed by atoms with Crippen LogP contribution in [0.5, 0.6) is 0 Å². The summed E-state index contributed by atoms with van der Waals surface area (Å²) in [6.45, 7) is 3.91. The molecule has 0 amide bonds. The van der Waals surface area contributed by atoms with Crippen LogP contribution >= 0.6 is 0 Å². The Labute approximate surface area is 114 Å². The zero-order chi connectivity index (χ0) is 14.3. The molecule has 1 rings (SSSR count). The molecular weight excluding hydrogens is 267 g/mol. The number of unbranched alkanes of at least 4 members (excludes halogenated alkanes) is 3. The van der Waals surface area contributed by atoms with E-state index >= 15 is 0 Å². The van der Waals surface area contributed by atoms with E-state index < -0.39 is 16.5 Å². The van der Waals surface area contributed by atoms with Crippen molar-refractivity contribution in [3.63, 3.8) is 0 Å². The molecule has 0 spiro atoms. The summed E-state index contributed by atoms with van der Waals surface area (Å²) in [5.41, 5.74) is 0.940. The Hall–Kier alpha value is -0.940. The summed E-state index contributed by atoms with van der Waals surface area (Å²) in [6, 6.07) is 6.17. The molecule has 0 fully saturated rings. The Morgan fingerprint density at radius 1 is 1.16 bits per heavy atom. The van der Waals surface area contributed by atoms with Gasteiger partial charge in [0.2, 0.25) is 6.36 Å². The molecule has 1 unspecified atom stereocenters. The molecule has 0 aliphatic rings. The molecule has 0 saturated carbocycles. The van der Waals surface area contributed by atoms with Crippen LogP contribution in [0.3, 0.4) is 0 Å². The molecule has 0 aliphatic heterocycles. The van der Waals surface area contributed by atoms with Crippen LogP contribution in [0.15, 0.2) is 29.2 Å². The van der Waals surface area contributed by atoms with Gasteiger partial charge in [-0.15, -0.1) is 0 Å². The lowest BCUT2D eigenvalue weighted by Crippen LogP contribution is -2.14. The summed E-state index contributed by atoms with van der Waals surface area (Å²) in [4.78, 5) is -0.00527. The fraction of sp³-hybridized carbons (Fsp3) is 0.571. The van der Waals surface area contributed by atoms with Gasteiger partial charge in [0.05, 0.1) is 4.90 Å². The number of alkyl halides is 1. The second-order valence-electron chi connectivity index (χ2n) is 4.62. The van der Waals surface area contributed by atoms with E-state index in [1.807, 2.05) is 6.92 Å². The van der Waals surface area contributed by atoms with E-state index in [9.17, 15) is 12.8 Å². The number of halogens is 1. The van der Waals surface area contributed by atoms with Crippen LogP contribution in [0.2, 0.25) is 0 Å². The van der Waals surface area contributed by atoms with Crippen molar-refractivity contribution in [2.24, 2.45) is 0 Å². The van der Waals surface area contributed by atoms with Crippen LogP contribution in [-0.4, -0.2) is 14.8 Å². The molecule has 0 N–H and O–H groups in total. The topological polar surface area (TPSA) is 43.4 Å². The van der Waals surface area contributed by atoms with E-state index in [1.54, 1.807) is 12.1 Å². The van der Waals surface area contributed by atoms with Crippen LogP contribution in [0.1, 0.15) is 44.6 Å². The van der Waals surface area contributed by atoms with Gasteiger partial charge < -0.3 is 0 Å². The third-order valence-corrected chi connectivity index (χ3v) is 4.14. The maximum absolute atomic E-state index is 13.5. The van der Waals surface area contributed by atoms with Gasteiger partial charge in [0.25, 0.3) is 10.1 Å². The van der Waals surface area contributed by atoms with E-state index in [0.717, 1.165) is 24.8 Å². The van der Waals surface area contributed by atoms with Crippen LogP contribution in [-0.2, 0) is 14.3 Å². The van der Waals surface area contributed by atoms with Crippen LogP contribution in [0, 0.1) is 6.92 Å². The molecular formula is C14H21FO3S.